The molecule has 0 spiro atoms. The van der Waals surface area contributed by atoms with Gasteiger partial charge < -0.3 is 19.9 Å². The van der Waals surface area contributed by atoms with Crippen molar-refractivity contribution in [1.82, 2.24) is 5.32 Å². The van der Waals surface area contributed by atoms with E-state index in [4.69, 9.17) is 14.6 Å². The Labute approximate surface area is 175 Å². The zero-order chi connectivity index (χ0) is 21.2. The number of ether oxygens (including phenoxy) is 2. The molecule has 0 radical (unpaired) electrons. The van der Waals surface area contributed by atoms with Gasteiger partial charge in [0.1, 0.15) is 12.2 Å². The molecule has 1 aliphatic heterocycles. The normalized spacial score (nSPS) is 21.8. The highest BCUT2D eigenvalue weighted by Gasteiger charge is 2.43. The highest BCUT2D eigenvalue weighted by atomic mass is 32.2. The summed E-state index contributed by atoms with van der Waals surface area (Å²) in [5.74, 6) is -0.219. The Balaban J connectivity index is 1.39. The second-order valence-corrected chi connectivity index (χ2v) is 9.96. The van der Waals surface area contributed by atoms with E-state index in [2.05, 4.69) is 17.4 Å². The predicted octanol–water partition coefficient (Wildman–Crippen LogP) is 2.09. The average molecular weight is 432 g/mol. The Bertz CT molecular complexity index is 992. The highest BCUT2D eigenvalue weighted by Crippen LogP contribution is 2.44. The third kappa shape index (κ3) is 4.21. The minimum atomic E-state index is -3.22. The summed E-state index contributed by atoms with van der Waals surface area (Å²) in [6.07, 6.45) is -0.341. The van der Waals surface area contributed by atoms with E-state index in [-0.39, 0.29) is 50.2 Å². The maximum absolute atomic E-state index is 12.4. The third-order valence-corrected chi connectivity index (χ3v) is 7.54. The smallest absolute Gasteiger partial charge is 0.407 e. The number of amides is 1. The maximum atomic E-state index is 12.4. The lowest BCUT2D eigenvalue weighted by Gasteiger charge is -2.28. The van der Waals surface area contributed by atoms with Gasteiger partial charge in [-0.2, -0.15) is 0 Å². The Hall–Kier alpha value is -2.42. The lowest BCUT2D eigenvalue weighted by molar-refractivity contribution is -0.0388. The Morgan fingerprint density at radius 1 is 1.10 bits per heavy atom. The van der Waals surface area contributed by atoms with Crippen molar-refractivity contribution in [2.24, 2.45) is 0 Å². The van der Waals surface area contributed by atoms with Crippen molar-refractivity contribution in [1.29, 1.82) is 0 Å². The van der Waals surface area contributed by atoms with Crippen molar-refractivity contribution in [3.8, 4) is 11.1 Å². The number of carbonyl (C=O) groups excluding carboxylic acids is 1. The molecule has 0 saturated carbocycles. The van der Waals surface area contributed by atoms with Gasteiger partial charge in [-0.15, -0.1) is 0 Å². The molecule has 1 aliphatic carbocycles. The molecule has 2 aliphatic rings. The molecule has 30 heavy (non-hydrogen) atoms. The Morgan fingerprint density at radius 2 is 1.73 bits per heavy atom. The second-order valence-electron chi connectivity index (χ2n) is 7.78. The van der Waals surface area contributed by atoms with Crippen LogP contribution in [-0.4, -0.2) is 63.1 Å². The zero-order valence-corrected chi connectivity index (χ0v) is 17.4. The van der Waals surface area contributed by atoms with Gasteiger partial charge in [-0.05, 0) is 28.7 Å². The average Bonchev–Trinajstić information content (AvgIpc) is 3.24. The third-order valence-electron chi connectivity index (χ3n) is 5.75. The van der Waals surface area contributed by atoms with Crippen LogP contribution < -0.4 is 5.32 Å². The molecule has 2 aromatic carbocycles. The van der Waals surface area contributed by atoms with Crippen molar-refractivity contribution >= 4 is 15.9 Å². The van der Waals surface area contributed by atoms with Crippen LogP contribution in [0.3, 0.4) is 0 Å². The summed E-state index contributed by atoms with van der Waals surface area (Å²) in [5, 5.41) is 11.7. The van der Waals surface area contributed by atoms with Gasteiger partial charge in [0.2, 0.25) is 0 Å². The SMILES string of the molecule is O=C(NCC1(OCCO)CCS(=O)(=O)C1)OCC1c2ccccc2-c2ccccc21. The molecule has 8 heteroatoms. The van der Waals surface area contributed by atoms with Gasteiger partial charge in [-0.1, -0.05) is 48.5 Å². The number of benzene rings is 2. The second kappa shape index (κ2) is 8.37. The number of fused-ring (bicyclic) bond motifs is 3. The van der Waals surface area contributed by atoms with Gasteiger partial charge in [-0.3, -0.25) is 0 Å². The summed E-state index contributed by atoms with van der Waals surface area (Å²) in [6.45, 7) is 0.000190. The quantitative estimate of drug-likeness (QED) is 0.696. The maximum Gasteiger partial charge on any atom is 0.407 e. The van der Waals surface area contributed by atoms with Crippen molar-refractivity contribution < 1.29 is 27.8 Å². The number of hydrogen-bond acceptors (Lipinski definition) is 6. The molecule has 4 rings (SSSR count). The summed E-state index contributed by atoms with van der Waals surface area (Å²) in [5.41, 5.74) is 3.52. The lowest BCUT2D eigenvalue weighted by Crippen LogP contribution is -2.47. The van der Waals surface area contributed by atoms with Crippen molar-refractivity contribution in [2.45, 2.75) is 17.9 Å². The van der Waals surface area contributed by atoms with Gasteiger partial charge in [0.05, 0.1) is 31.3 Å². The fourth-order valence-electron chi connectivity index (χ4n) is 4.34. The molecule has 1 heterocycles. The molecule has 1 unspecified atom stereocenters. The molecule has 1 atom stereocenters. The van der Waals surface area contributed by atoms with Gasteiger partial charge in [0.25, 0.3) is 0 Å². The monoisotopic (exact) mass is 431 g/mol. The first kappa shape index (κ1) is 20.8. The highest BCUT2D eigenvalue weighted by molar-refractivity contribution is 7.91. The van der Waals surface area contributed by atoms with E-state index in [0.717, 1.165) is 22.3 Å². The molecule has 0 bridgehead atoms. The number of aliphatic hydroxyl groups excluding tert-OH is 1. The molecule has 1 saturated heterocycles. The van der Waals surface area contributed by atoms with Gasteiger partial charge >= 0.3 is 6.09 Å². The number of sulfone groups is 1. The van der Waals surface area contributed by atoms with Crippen LogP contribution in [0, 0.1) is 0 Å². The van der Waals surface area contributed by atoms with E-state index in [9.17, 15) is 13.2 Å². The summed E-state index contributed by atoms with van der Waals surface area (Å²) in [7, 11) is -3.22. The lowest BCUT2D eigenvalue weighted by atomic mass is 9.98. The first-order chi connectivity index (χ1) is 14.4. The molecule has 1 amide bonds. The standard InChI is InChI=1S/C22H25NO6S/c24-10-11-29-22(9-12-30(26,27)15-22)14-23-21(25)28-13-20-18-7-3-1-5-16(18)17-6-2-4-8-19(17)20/h1-8,20,24H,9-15H2,(H,23,25). The number of aliphatic hydroxyl groups is 1. The van der Waals surface area contributed by atoms with E-state index in [0.29, 0.717) is 0 Å². The molecular weight excluding hydrogens is 406 g/mol. The van der Waals surface area contributed by atoms with E-state index >= 15 is 0 Å². The van der Waals surface area contributed by atoms with Gasteiger partial charge in [0, 0.05) is 5.92 Å². The Kier molecular flexibility index (Phi) is 5.81. The van der Waals surface area contributed by atoms with E-state index in [1.165, 1.54) is 0 Å². The van der Waals surface area contributed by atoms with Gasteiger partial charge in [0.15, 0.2) is 9.84 Å². The van der Waals surface area contributed by atoms with Crippen LogP contribution in [0.15, 0.2) is 48.5 Å². The number of rotatable bonds is 7. The van der Waals surface area contributed by atoms with Crippen molar-refractivity contribution in [2.75, 3.05) is 37.9 Å². The fraction of sp³-hybridized carbons (Fsp3) is 0.409. The predicted molar refractivity (Wildman–Crippen MR) is 112 cm³/mol. The van der Waals surface area contributed by atoms with E-state index in [1.807, 2.05) is 36.4 Å². The summed E-state index contributed by atoms with van der Waals surface area (Å²) >= 11 is 0. The molecular formula is C22H25NO6S. The van der Waals surface area contributed by atoms with Crippen molar-refractivity contribution in [3.05, 3.63) is 59.7 Å². The molecule has 7 nitrogen and oxygen atoms in total. The molecule has 0 aromatic heterocycles. The van der Waals surface area contributed by atoms with E-state index < -0.39 is 21.5 Å². The number of nitrogens with one attached hydrogen (secondary N) is 1. The summed E-state index contributed by atoms with van der Waals surface area (Å²) in [4.78, 5) is 12.4. The minimum absolute atomic E-state index is 0.00476. The molecule has 1 fully saturated rings. The summed E-state index contributed by atoms with van der Waals surface area (Å²) < 4.78 is 34.9. The number of carbonyl (C=O) groups is 1. The molecule has 2 aromatic rings. The van der Waals surface area contributed by atoms with Crippen LogP contribution >= 0.6 is 0 Å². The minimum Gasteiger partial charge on any atom is -0.449 e. The van der Waals surface area contributed by atoms with Crippen LogP contribution in [0.25, 0.3) is 11.1 Å². The van der Waals surface area contributed by atoms with Crippen LogP contribution in [0.4, 0.5) is 4.79 Å². The van der Waals surface area contributed by atoms with E-state index in [1.54, 1.807) is 0 Å². The largest absolute Gasteiger partial charge is 0.449 e. The first-order valence-electron chi connectivity index (χ1n) is 9.97. The number of hydrogen-bond donors (Lipinski definition) is 2. The number of alkyl carbamates (subject to hydrolysis) is 1. The zero-order valence-electron chi connectivity index (χ0n) is 16.5. The molecule has 2 N–H and O–H groups in total. The Morgan fingerprint density at radius 3 is 2.30 bits per heavy atom. The van der Waals surface area contributed by atoms with Crippen LogP contribution in [0.1, 0.15) is 23.5 Å². The van der Waals surface area contributed by atoms with Crippen LogP contribution in [-0.2, 0) is 19.3 Å². The van der Waals surface area contributed by atoms with Gasteiger partial charge in [-0.25, -0.2) is 13.2 Å². The first-order valence-corrected chi connectivity index (χ1v) is 11.8. The van der Waals surface area contributed by atoms with Crippen molar-refractivity contribution in [3.63, 3.8) is 0 Å². The fourth-order valence-corrected chi connectivity index (χ4v) is 6.29. The topological polar surface area (TPSA) is 102 Å². The van der Waals surface area contributed by atoms with Crippen LogP contribution in [0.5, 0.6) is 0 Å². The summed E-state index contributed by atoms with van der Waals surface area (Å²) in [6, 6.07) is 16.2. The van der Waals surface area contributed by atoms with Crippen LogP contribution in [0.2, 0.25) is 0 Å². The molecule has 160 valence electrons.